The van der Waals surface area contributed by atoms with Crippen LogP contribution in [0.3, 0.4) is 0 Å². The van der Waals surface area contributed by atoms with Gasteiger partial charge in [-0.1, -0.05) is 0 Å². The van der Waals surface area contributed by atoms with Gasteiger partial charge in [0.1, 0.15) is 0 Å². The quantitative estimate of drug-likeness (QED) is 0.0503. The molecule has 122 heavy (non-hydrogen) atoms. The summed E-state index contributed by atoms with van der Waals surface area (Å²) < 4.78 is 0. The monoisotopic (exact) mass is 1910 g/mol. The smallest absolute Gasteiger partial charge is 0.547 e. The number of hydrogen-bond donors (Lipinski definition) is 20. The molecular weight excluding hydrogens is 1810 g/mol. The van der Waals surface area contributed by atoms with E-state index in [1.54, 1.807) is 0 Å². The average Bonchev–Trinajstić information content (AvgIpc) is 3.59. The van der Waals surface area contributed by atoms with Crippen LogP contribution in [0.5, 0.6) is 0 Å². The standard InChI is InChI=1S/20C3H6O3.2Cu/c20*1-2(4)3(5)6;;/h20*2,4H,1H3,(H,5,6);;/q;;;;;;;;;;;;;;;;;;;;2*+2/p-20. The van der Waals surface area contributed by atoms with E-state index < -0.39 is 241 Å². The van der Waals surface area contributed by atoms with E-state index in [9.17, 15) is 198 Å². The van der Waals surface area contributed by atoms with E-state index in [4.69, 9.17) is 102 Å². The summed E-state index contributed by atoms with van der Waals surface area (Å²) in [5.74, 6) is -28.7. The molecule has 20 unspecified atom stereocenters. The molecular formula is C60H100Cu2O60-16. The number of carboxylic acid groups (broad SMARTS) is 20. The van der Waals surface area contributed by atoms with E-state index in [0.717, 1.165) is 138 Å². The van der Waals surface area contributed by atoms with Gasteiger partial charge in [0.15, 0.2) is 0 Å². The van der Waals surface area contributed by atoms with Gasteiger partial charge < -0.3 is 300 Å². The molecule has 0 bridgehead atoms. The van der Waals surface area contributed by atoms with Gasteiger partial charge in [0.2, 0.25) is 0 Å². The summed E-state index contributed by atoms with van der Waals surface area (Å²) in [5, 5.41) is 346. The van der Waals surface area contributed by atoms with Gasteiger partial charge in [-0.15, -0.1) is 0 Å². The maximum absolute atomic E-state index is 9.34. The van der Waals surface area contributed by atoms with Crippen molar-refractivity contribution in [3.05, 3.63) is 0 Å². The number of aliphatic carboxylic acids is 20. The third kappa shape index (κ3) is 267. The van der Waals surface area contributed by atoms with Crippen molar-refractivity contribution >= 4 is 119 Å². The van der Waals surface area contributed by atoms with E-state index in [0.29, 0.717) is 0 Å². The maximum Gasteiger partial charge on any atom is 2.00 e. The van der Waals surface area contributed by atoms with Crippen LogP contribution in [-0.2, 0) is 130 Å². The molecule has 62 heteroatoms. The van der Waals surface area contributed by atoms with Crippen LogP contribution < -0.4 is 102 Å². The molecule has 0 amide bonds. The third-order valence-corrected chi connectivity index (χ3v) is 6.82. The zero-order chi connectivity index (χ0) is 103. The Morgan fingerprint density at radius 2 is 0.115 bits per heavy atom. The Balaban J connectivity index is -0.0000000431. The van der Waals surface area contributed by atoms with Crippen LogP contribution in [0.4, 0.5) is 0 Å². The first-order valence-corrected chi connectivity index (χ1v) is 30.6. The predicted octanol–water partition coefficient (Wildman–Crippen LogP) is -37.7. The topological polar surface area (TPSA) is 1210 Å². The molecule has 738 valence electrons. The molecule has 0 aromatic rings. The summed E-state index contributed by atoms with van der Waals surface area (Å²) in [5.41, 5.74) is 0. The zero-order valence-corrected chi connectivity index (χ0v) is 69.3. The number of carbonyl (C=O) groups is 20. The van der Waals surface area contributed by atoms with Crippen molar-refractivity contribution in [3.8, 4) is 0 Å². The van der Waals surface area contributed by atoms with Crippen LogP contribution in [0.1, 0.15) is 138 Å². The molecule has 60 nitrogen and oxygen atoms in total. The fourth-order valence-electron chi connectivity index (χ4n) is 0. The Hall–Kier alpha value is -10.4. The van der Waals surface area contributed by atoms with Gasteiger partial charge in [0, 0.05) is 0 Å². The fraction of sp³-hybridized carbons (Fsp3) is 0.667. The molecule has 0 aromatic heterocycles. The summed E-state index contributed by atoms with van der Waals surface area (Å²) in [6.45, 7) is 22.7. The SMILES string of the molecule is CC(O)C(=O)[O-].CC(O)C(=O)[O-].CC(O)C(=O)[O-].CC(O)C(=O)[O-].CC(O)C(=O)[O-].CC(O)C(=O)[O-].CC(O)C(=O)[O-].CC(O)C(=O)[O-].CC(O)C(=O)[O-].CC(O)C(=O)[O-].CC(O)C(=O)[O-].CC(O)C(=O)[O-].CC(O)C(=O)[O-].CC(O)C(=O)[O-].CC(O)C(=O)[O-].CC(O)C(=O)[O-].CC(O)C(=O)[O-].CC(O)C(=O)[O-].CC(O)C(=O)[O-].CC(O)C(=O)[O-].[Cu+2].[Cu+2]. The first kappa shape index (κ1) is 170. The molecule has 0 saturated carbocycles. The Morgan fingerprint density at radius 1 is 0.107 bits per heavy atom. The molecule has 2 radical (unpaired) electrons. The molecule has 0 spiro atoms. The summed E-state index contributed by atoms with van der Waals surface area (Å²) in [6.07, 6.45) is -26.9. The summed E-state index contributed by atoms with van der Waals surface area (Å²) in [6, 6.07) is 0. The molecule has 0 saturated heterocycles. The second kappa shape index (κ2) is 111. The average molecular weight is 1910 g/mol. The molecule has 0 aliphatic heterocycles. The molecule has 0 aromatic carbocycles. The Morgan fingerprint density at radius 3 is 0.115 bits per heavy atom. The molecule has 0 rings (SSSR count). The maximum atomic E-state index is 9.34. The van der Waals surface area contributed by atoms with E-state index >= 15 is 0 Å². The van der Waals surface area contributed by atoms with Crippen molar-refractivity contribution in [1.29, 1.82) is 0 Å². The Kier molecular flexibility index (Phi) is 154. The van der Waals surface area contributed by atoms with Crippen molar-refractivity contribution in [2.75, 3.05) is 0 Å². The molecule has 0 fully saturated rings. The number of rotatable bonds is 20. The van der Waals surface area contributed by atoms with E-state index in [1.165, 1.54) is 0 Å². The minimum atomic E-state index is -1.44. The van der Waals surface area contributed by atoms with E-state index in [1.807, 2.05) is 0 Å². The van der Waals surface area contributed by atoms with Gasteiger partial charge in [-0.3, -0.25) is 0 Å². The van der Waals surface area contributed by atoms with Crippen LogP contribution >= 0.6 is 0 Å². The third-order valence-electron chi connectivity index (χ3n) is 6.82. The molecule has 20 N–H and O–H groups in total. The minimum Gasteiger partial charge on any atom is -0.547 e. The normalized spacial score (nSPS) is 13.4. The number of hydrogen-bond acceptors (Lipinski definition) is 60. The summed E-state index contributed by atoms with van der Waals surface area (Å²) in [7, 11) is 0. The van der Waals surface area contributed by atoms with Crippen molar-refractivity contribution in [3.63, 3.8) is 0 Å². The van der Waals surface area contributed by atoms with Gasteiger partial charge in [-0.25, -0.2) is 0 Å². The minimum absolute atomic E-state index is 0. The molecule has 0 aliphatic rings. The summed E-state index contributed by atoms with van der Waals surface area (Å²) in [4.78, 5) is 187. The van der Waals surface area contributed by atoms with Crippen molar-refractivity contribution in [2.45, 2.75) is 261 Å². The van der Waals surface area contributed by atoms with E-state index in [-0.39, 0.29) is 34.1 Å². The van der Waals surface area contributed by atoms with Crippen LogP contribution in [0.25, 0.3) is 0 Å². The summed E-state index contributed by atoms with van der Waals surface area (Å²) >= 11 is 0. The Labute approximate surface area is 712 Å². The molecule has 0 heterocycles. The van der Waals surface area contributed by atoms with Crippen LogP contribution in [0, 0.1) is 0 Å². The molecule has 20 atom stereocenters. The van der Waals surface area contributed by atoms with Gasteiger partial charge in [0.05, 0.1) is 241 Å². The number of carbonyl (C=O) groups excluding carboxylic acids is 20. The predicted molar refractivity (Wildman–Crippen MR) is 334 cm³/mol. The second-order valence-corrected chi connectivity index (χ2v) is 19.9. The van der Waals surface area contributed by atoms with Crippen molar-refractivity contribution < 1.29 is 334 Å². The van der Waals surface area contributed by atoms with Gasteiger partial charge in [0.25, 0.3) is 0 Å². The molecule has 0 aliphatic carbocycles. The Bertz CT molecular complexity index is 1930. The van der Waals surface area contributed by atoms with Crippen molar-refractivity contribution in [1.82, 2.24) is 0 Å². The number of carboxylic acids is 20. The zero-order valence-electron chi connectivity index (χ0n) is 67.4. The van der Waals surface area contributed by atoms with Crippen LogP contribution in [-0.4, -0.2) is 344 Å². The van der Waals surface area contributed by atoms with Gasteiger partial charge in [-0.05, 0) is 138 Å². The van der Waals surface area contributed by atoms with Gasteiger partial charge >= 0.3 is 34.1 Å². The fourth-order valence-corrected chi connectivity index (χ4v) is 0. The van der Waals surface area contributed by atoms with Crippen LogP contribution in [0.2, 0.25) is 0 Å². The number of aliphatic hydroxyl groups is 20. The second-order valence-electron chi connectivity index (χ2n) is 19.9. The largest absolute Gasteiger partial charge is 2.00 e. The van der Waals surface area contributed by atoms with E-state index in [2.05, 4.69) is 0 Å². The first-order chi connectivity index (χ1) is 52.9. The van der Waals surface area contributed by atoms with Gasteiger partial charge in [-0.2, -0.15) is 0 Å². The van der Waals surface area contributed by atoms with Crippen molar-refractivity contribution in [2.24, 2.45) is 0 Å². The number of aliphatic hydroxyl groups excluding tert-OH is 20. The first-order valence-electron chi connectivity index (χ1n) is 30.6. The van der Waals surface area contributed by atoms with Crippen LogP contribution in [0.15, 0.2) is 0 Å².